The lowest BCUT2D eigenvalue weighted by atomic mass is 10.1. The number of hydrogen-bond donors (Lipinski definition) is 0. The molecule has 1 aromatic carbocycles. The van der Waals surface area contributed by atoms with Gasteiger partial charge in [-0.3, -0.25) is 0 Å². The SMILES string of the molecule is CC(=CCCl)c1cccc(Cl)c1. The molecule has 0 N–H and O–H groups in total. The van der Waals surface area contributed by atoms with Crippen LogP contribution >= 0.6 is 23.2 Å². The summed E-state index contributed by atoms with van der Waals surface area (Å²) in [6, 6.07) is 7.74. The fraction of sp³-hybridized carbons (Fsp3) is 0.200. The average Bonchev–Trinajstić information content (AvgIpc) is 2.05. The Kier molecular flexibility index (Phi) is 3.64. The second-order valence-corrected chi connectivity index (χ2v) is 3.30. The first kappa shape index (κ1) is 9.63. The maximum absolute atomic E-state index is 5.83. The second-order valence-electron chi connectivity index (χ2n) is 2.55. The molecule has 64 valence electrons. The van der Waals surface area contributed by atoms with Crippen molar-refractivity contribution in [1.82, 2.24) is 0 Å². The van der Waals surface area contributed by atoms with Gasteiger partial charge in [0.2, 0.25) is 0 Å². The van der Waals surface area contributed by atoms with Gasteiger partial charge in [0, 0.05) is 10.9 Å². The predicted molar refractivity (Wildman–Crippen MR) is 55.8 cm³/mol. The van der Waals surface area contributed by atoms with E-state index < -0.39 is 0 Å². The average molecular weight is 201 g/mol. The number of alkyl halides is 1. The molecule has 0 bridgehead atoms. The molecule has 0 unspecified atom stereocenters. The van der Waals surface area contributed by atoms with Crippen molar-refractivity contribution in [3.05, 3.63) is 40.9 Å². The van der Waals surface area contributed by atoms with Gasteiger partial charge in [0.25, 0.3) is 0 Å². The first-order valence-corrected chi connectivity index (χ1v) is 4.64. The van der Waals surface area contributed by atoms with E-state index >= 15 is 0 Å². The molecule has 0 aromatic heterocycles. The van der Waals surface area contributed by atoms with Gasteiger partial charge < -0.3 is 0 Å². The molecule has 0 aliphatic rings. The molecule has 0 saturated heterocycles. The van der Waals surface area contributed by atoms with E-state index in [1.165, 1.54) is 0 Å². The third-order valence-electron chi connectivity index (χ3n) is 1.66. The van der Waals surface area contributed by atoms with E-state index in [4.69, 9.17) is 23.2 Å². The lowest BCUT2D eigenvalue weighted by Crippen LogP contribution is -1.79. The molecule has 0 heterocycles. The van der Waals surface area contributed by atoms with Gasteiger partial charge >= 0.3 is 0 Å². The van der Waals surface area contributed by atoms with Gasteiger partial charge in [-0.15, -0.1) is 11.6 Å². The summed E-state index contributed by atoms with van der Waals surface area (Å²) in [7, 11) is 0. The normalized spacial score (nSPS) is 11.8. The molecule has 0 nitrogen and oxygen atoms in total. The Labute approximate surface area is 82.8 Å². The van der Waals surface area contributed by atoms with Crippen LogP contribution < -0.4 is 0 Å². The summed E-state index contributed by atoms with van der Waals surface area (Å²) in [6.07, 6.45) is 1.97. The number of benzene rings is 1. The maximum Gasteiger partial charge on any atom is 0.0412 e. The van der Waals surface area contributed by atoms with Crippen molar-refractivity contribution in [2.75, 3.05) is 5.88 Å². The second kappa shape index (κ2) is 4.54. The summed E-state index contributed by atoms with van der Waals surface area (Å²) < 4.78 is 0. The molecule has 1 aromatic rings. The Hall–Kier alpha value is -0.460. The summed E-state index contributed by atoms with van der Waals surface area (Å²) >= 11 is 11.4. The monoisotopic (exact) mass is 200 g/mol. The van der Waals surface area contributed by atoms with Crippen LogP contribution in [0.4, 0.5) is 0 Å². The molecule has 12 heavy (non-hydrogen) atoms. The Morgan fingerprint density at radius 1 is 1.50 bits per heavy atom. The minimum absolute atomic E-state index is 0.540. The molecule has 1 rings (SSSR count). The zero-order valence-corrected chi connectivity index (χ0v) is 8.36. The van der Waals surface area contributed by atoms with Crippen LogP contribution in [-0.2, 0) is 0 Å². The topological polar surface area (TPSA) is 0 Å². The van der Waals surface area contributed by atoms with Gasteiger partial charge in [-0.05, 0) is 30.2 Å². The first-order valence-electron chi connectivity index (χ1n) is 3.72. The third-order valence-corrected chi connectivity index (χ3v) is 2.05. The smallest absolute Gasteiger partial charge is 0.0412 e. The zero-order chi connectivity index (χ0) is 8.97. The van der Waals surface area contributed by atoms with Crippen molar-refractivity contribution in [3.8, 4) is 0 Å². The van der Waals surface area contributed by atoms with Gasteiger partial charge in [-0.2, -0.15) is 0 Å². The summed E-state index contributed by atoms with van der Waals surface area (Å²) in [5.41, 5.74) is 2.29. The fourth-order valence-electron chi connectivity index (χ4n) is 0.967. The van der Waals surface area contributed by atoms with Crippen LogP contribution in [0.2, 0.25) is 5.02 Å². The predicted octanol–water partition coefficient (Wildman–Crippen LogP) is 3.98. The molecule has 0 spiro atoms. The number of allylic oxidation sites excluding steroid dienone is 2. The highest BCUT2D eigenvalue weighted by atomic mass is 35.5. The molecular weight excluding hydrogens is 191 g/mol. The van der Waals surface area contributed by atoms with E-state index in [1.807, 2.05) is 37.3 Å². The quantitative estimate of drug-likeness (QED) is 0.634. The molecule has 0 amide bonds. The highest BCUT2D eigenvalue weighted by molar-refractivity contribution is 6.30. The highest BCUT2D eigenvalue weighted by Crippen LogP contribution is 2.17. The van der Waals surface area contributed by atoms with Gasteiger partial charge in [0.15, 0.2) is 0 Å². The van der Waals surface area contributed by atoms with Crippen LogP contribution in [0, 0.1) is 0 Å². The molecule has 0 aliphatic heterocycles. The highest BCUT2D eigenvalue weighted by Gasteiger charge is 1.94. The molecule has 0 radical (unpaired) electrons. The molecule has 0 saturated carbocycles. The zero-order valence-electron chi connectivity index (χ0n) is 6.85. The Morgan fingerprint density at radius 3 is 2.83 bits per heavy atom. The Balaban J connectivity index is 2.95. The van der Waals surface area contributed by atoms with Crippen molar-refractivity contribution in [2.24, 2.45) is 0 Å². The van der Waals surface area contributed by atoms with Crippen molar-refractivity contribution >= 4 is 28.8 Å². The van der Waals surface area contributed by atoms with E-state index in [2.05, 4.69) is 0 Å². The van der Waals surface area contributed by atoms with Crippen molar-refractivity contribution in [3.63, 3.8) is 0 Å². The molecule has 0 aliphatic carbocycles. The maximum atomic E-state index is 5.83. The lowest BCUT2D eigenvalue weighted by Gasteiger charge is -2.00. The summed E-state index contributed by atoms with van der Waals surface area (Å²) in [6.45, 7) is 2.02. The number of halogens is 2. The van der Waals surface area contributed by atoms with Crippen molar-refractivity contribution in [1.29, 1.82) is 0 Å². The van der Waals surface area contributed by atoms with E-state index in [-0.39, 0.29) is 0 Å². The van der Waals surface area contributed by atoms with Gasteiger partial charge in [0.1, 0.15) is 0 Å². The van der Waals surface area contributed by atoms with Crippen LogP contribution in [-0.4, -0.2) is 5.88 Å². The van der Waals surface area contributed by atoms with Crippen LogP contribution in [0.15, 0.2) is 30.3 Å². The summed E-state index contributed by atoms with van der Waals surface area (Å²) in [5, 5.41) is 0.759. The standard InChI is InChI=1S/C10H10Cl2/c1-8(5-6-11)9-3-2-4-10(12)7-9/h2-5,7H,6H2,1H3. The first-order chi connectivity index (χ1) is 5.74. The minimum Gasteiger partial charge on any atom is -0.122 e. The van der Waals surface area contributed by atoms with Gasteiger partial charge in [0.05, 0.1) is 0 Å². The minimum atomic E-state index is 0.540. The molecule has 0 atom stereocenters. The van der Waals surface area contributed by atoms with Crippen LogP contribution in [0.1, 0.15) is 12.5 Å². The van der Waals surface area contributed by atoms with Crippen LogP contribution in [0.5, 0.6) is 0 Å². The van der Waals surface area contributed by atoms with E-state index in [0.29, 0.717) is 5.88 Å². The summed E-state index contributed by atoms with van der Waals surface area (Å²) in [5.74, 6) is 0.540. The van der Waals surface area contributed by atoms with Gasteiger partial charge in [-0.1, -0.05) is 29.8 Å². The number of hydrogen-bond acceptors (Lipinski definition) is 0. The third kappa shape index (κ3) is 2.54. The van der Waals surface area contributed by atoms with Crippen LogP contribution in [0.25, 0.3) is 5.57 Å². The van der Waals surface area contributed by atoms with E-state index in [1.54, 1.807) is 0 Å². The fourth-order valence-corrected chi connectivity index (χ4v) is 1.39. The Morgan fingerprint density at radius 2 is 2.25 bits per heavy atom. The van der Waals surface area contributed by atoms with Crippen LogP contribution in [0.3, 0.4) is 0 Å². The molecule has 2 heteroatoms. The van der Waals surface area contributed by atoms with E-state index in [9.17, 15) is 0 Å². The van der Waals surface area contributed by atoms with Crippen molar-refractivity contribution in [2.45, 2.75) is 6.92 Å². The lowest BCUT2D eigenvalue weighted by molar-refractivity contribution is 1.54. The molecular formula is C10H10Cl2. The largest absolute Gasteiger partial charge is 0.122 e. The number of rotatable bonds is 2. The summed E-state index contributed by atoms with van der Waals surface area (Å²) in [4.78, 5) is 0. The van der Waals surface area contributed by atoms with E-state index in [0.717, 1.165) is 16.2 Å². The Bertz CT molecular complexity index is 290. The van der Waals surface area contributed by atoms with Gasteiger partial charge in [-0.25, -0.2) is 0 Å². The van der Waals surface area contributed by atoms with Crippen molar-refractivity contribution < 1.29 is 0 Å². The molecule has 0 fully saturated rings.